The Kier molecular flexibility index (Phi) is 4.96. The highest BCUT2D eigenvalue weighted by atomic mass is 16.5. The Morgan fingerprint density at radius 1 is 1.00 bits per heavy atom. The van der Waals surface area contributed by atoms with E-state index in [9.17, 15) is 4.79 Å². The molecule has 1 unspecified atom stereocenters. The second-order valence-electron chi connectivity index (χ2n) is 7.93. The predicted octanol–water partition coefficient (Wildman–Crippen LogP) is 3.74. The molecule has 0 saturated heterocycles. The summed E-state index contributed by atoms with van der Waals surface area (Å²) in [7, 11) is 1.67. The van der Waals surface area contributed by atoms with Gasteiger partial charge in [-0.2, -0.15) is 0 Å². The van der Waals surface area contributed by atoms with Crippen LogP contribution in [-0.4, -0.2) is 29.9 Å². The summed E-state index contributed by atoms with van der Waals surface area (Å²) in [6.45, 7) is 12.2. The van der Waals surface area contributed by atoms with E-state index >= 15 is 0 Å². The molecule has 1 aliphatic heterocycles. The summed E-state index contributed by atoms with van der Waals surface area (Å²) >= 11 is 0. The van der Waals surface area contributed by atoms with Gasteiger partial charge >= 0.3 is 0 Å². The first-order valence-corrected chi connectivity index (χ1v) is 9.57. The smallest absolute Gasteiger partial charge is 0.266 e. The molecule has 2 aromatic carbocycles. The van der Waals surface area contributed by atoms with E-state index in [-0.39, 0.29) is 18.0 Å². The van der Waals surface area contributed by atoms with Crippen molar-refractivity contribution >= 4 is 11.9 Å². The van der Waals surface area contributed by atoms with Crippen molar-refractivity contribution in [2.45, 2.75) is 53.2 Å². The molecule has 2 N–H and O–H groups in total. The maximum absolute atomic E-state index is 13.4. The van der Waals surface area contributed by atoms with Crippen LogP contribution in [0, 0.1) is 27.7 Å². The fourth-order valence-corrected chi connectivity index (χ4v) is 3.69. The summed E-state index contributed by atoms with van der Waals surface area (Å²) in [5, 5.41) is 0. The highest BCUT2D eigenvalue weighted by molar-refractivity contribution is 6.09. The van der Waals surface area contributed by atoms with Gasteiger partial charge in [0.15, 0.2) is 11.5 Å². The van der Waals surface area contributed by atoms with Crippen LogP contribution in [0.1, 0.15) is 47.2 Å². The zero-order valence-corrected chi connectivity index (χ0v) is 17.8. The molecule has 1 amide bonds. The molecule has 0 aromatic heterocycles. The Labute approximate surface area is 167 Å². The van der Waals surface area contributed by atoms with Crippen LogP contribution in [0.3, 0.4) is 0 Å². The Hall–Kier alpha value is -2.82. The van der Waals surface area contributed by atoms with Crippen LogP contribution in [0.25, 0.3) is 0 Å². The lowest BCUT2D eigenvalue weighted by atomic mass is 9.80. The molecule has 28 heavy (non-hydrogen) atoms. The van der Waals surface area contributed by atoms with Gasteiger partial charge in [0.1, 0.15) is 5.75 Å². The normalized spacial score (nSPS) is 19.4. The zero-order valence-electron chi connectivity index (χ0n) is 17.8. The third-order valence-electron chi connectivity index (χ3n) is 5.54. The summed E-state index contributed by atoms with van der Waals surface area (Å²) in [6.07, 6.45) is 0.0776. The van der Waals surface area contributed by atoms with Gasteiger partial charge in [0, 0.05) is 7.05 Å². The Morgan fingerprint density at radius 3 is 2.04 bits per heavy atom. The molecule has 5 heteroatoms. The number of aryl methyl sites for hydroxylation is 3. The van der Waals surface area contributed by atoms with Crippen molar-refractivity contribution in [3.8, 4) is 5.75 Å². The molecule has 5 nitrogen and oxygen atoms in total. The van der Waals surface area contributed by atoms with Gasteiger partial charge in [-0.3, -0.25) is 9.69 Å². The maximum Gasteiger partial charge on any atom is 0.266 e. The number of aliphatic imine (C=N–C) groups is 1. The fraction of sp³-hybridized carbons (Fsp3) is 0.391. The molecule has 148 valence electrons. The number of amides is 1. The number of ether oxygens (including phenoxy) is 1. The Morgan fingerprint density at radius 2 is 1.57 bits per heavy atom. The summed E-state index contributed by atoms with van der Waals surface area (Å²) in [5.41, 5.74) is 11.0. The van der Waals surface area contributed by atoms with E-state index < -0.39 is 5.54 Å². The lowest BCUT2D eigenvalue weighted by molar-refractivity contribution is -0.129. The van der Waals surface area contributed by atoms with E-state index in [4.69, 9.17) is 15.5 Å². The first-order valence-electron chi connectivity index (χ1n) is 9.57. The molecule has 0 aliphatic carbocycles. The molecular formula is C23H29N3O2. The topological polar surface area (TPSA) is 67.9 Å². The minimum absolute atomic E-state index is 0.0776. The number of carbonyl (C=O) groups is 1. The molecule has 0 radical (unpaired) electrons. The van der Waals surface area contributed by atoms with Crippen molar-refractivity contribution in [1.82, 2.24) is 4.90 Å². The van der Waals surface area contributed by atoms with Crippen molar-refractivity contribution < 1.29 is 9.53 Å². The maximum atomic E-state index is 13.4. The SMILES string of the molecule is Cc1cc(C2(c3cc(C)c(C)c(C)c3)N=C(N)N(C)C2=O)ccc1OC(C)C. The number of nitrogens with two attached hydrogens (primary N) is 1. The zero-order chi connectivity index (χ0) is 20.8. The van der Waals surface area contributed by atoms with E-state index in [0.717, 1.165) is 33.6 Å². The van der Waals surface area contributed by atoms with Crippen LogP contribution in [-0.2, 0) is 10.3 Å². The third kappa shape index (κ3) is 3.05. The molecule has 1 atom stereocenters. The highest BCUT2D eigenvalue weighted by Gasteiger charge is 2.49. The minimum Gasteiger partial charge on any atom is -0.491 e. The van der Waals surface area contributed by atoms with Crippen molar-refractivity contribution in [3.63, 3.8) is 0 Å². The van der Waals surface area contributed by atoms with Crippen LogP contribution in [0.4, 0.5) is 0 Å². The van der Waals surface area contributed by atoms with E-state index in [0.29, 0.717) is 0 Å². The van der Waals surface area contributed by atoms with Gasteiger partial charge in [0.2, 0.25) is 0 Å². The second kappa shape index (κ2) is 6.97. The van der Waals surface area contributed by atoms with E-state index in [1.807, 2.05) is 51.1 Å². The van der Waals surface area contributed by atoms with Gasteiger partial charge in [-0.1, -0.05) is 18.2 Å². The monoisotopic (exact) mass is 379 g/mol. The number of likely N-dealkylation sites (N-methyl/N-ethyl adjacent to an activating group) is 1. The Bertz CT molecular complexity index is 955. The van der Waals surface area contributed by atoms with Crippen molar-refractivity contribution in [2.24, 2.45) is 10.7 Å². The number of benzene rings is 2. The fourth-order valence-electron chi connectivity index (χ4n) is 3.69. The summed E-state index contributed by atoms with van der Waals surface area (Å²) in [5.74, 6) is 0.881. The lowest BCUT2D eigenvalue weighted by Crippen LogP contribution is -2.41. The predicted molar refractivity (Wildman–Crippen MR) is 113 cm³/mol. The van der Waals surface area contributed by atoms with E-state index in [2.05, 4.69) is 20.8 Å². The molecule has 2 aromatic rings. The molecule has 0 saturated carbocycles. The van der Waals surface area contributed by atoms with Gasteiger partial charge in [-0.25, -0.2) is 4.99 Å². The van der Waals surface area contributed by atoms with Crippen LogP contribution in [0.15, 0.2) is 35.3 Å². The molecular weight excluding hydrogens is 350 g/mol. The third-order valence-corrected chi connectivity index (χ3v) is 5.54. The van der Waals surface area contributed by atoms with Crippen molar-refractivity contribution in [1.29, 1.82) is 0 Å². The highest BCUT2D eigenvalue weighted by Crippen LogP contribution is 2.41. The van der Waals surface area contributed by atoms with E-state index in [1.165, 1.54) is 10.5 Å². The van der Waals surface area contributed by atoms with E-state index in [1.54, 1.807) is 7.05 Å². The number of carbonyl (C=O) groups excluding carboxylic acids is 1. The standard InChI is InChI=1S/C23H29N3O2/c1-13(2)28-20-9-8-18(12-16(20)5)23(21(27)26(7)22(24)25-23)19-10-14(3)17(6)15(4)11-19/h8-13H,1-7H3,(H2,24,25). The van der Waals surface area contributed by atoms with Gasteiger partial charge in [0.05, 0.1) is 6.10 Å². The number of rotatable bonds is 4. The van der Waals surface area contributed by atoms with Gasteiger partial charge in [-0.05, 0) is 87.1 Å². The average molecular weight is 380 g/mol. The minimum atomic E-state index is -1.18. The molecule has 3 rings (SSSR count). The quantitative estimate of drug-likeness (QED) is 0.880. The molecule has 1 heterocycles. The van der Waals surface area contributed by atoms with Crippen LogP contribution < -0.4 is 10.5 Å². The van der Waals surface area contributed by atoms with Crippen molar-refractivity contribution in [2.75, 3.05) is 7.05 Å². The van der Waals surface area contributed by atoms with Crippen LogP contribution in [0.2, 0.25) is 0 Å². The number of hydrogen-bond acceptors (Lipinski definition) is 4. The van der Waals surface area contributed by atoms with Gasteiger partial charge in [-0.15, -0.1) is 0 Å². The lowest BCUT2D eigenvalue weighted by Gasteiger charge is -2.28. The summed E-state index contributed by atoms with van der Waals surface area (Å²) < 4.78 is 5.87. The second-order valence-corrected chi connectivity index (χ2v) is 7.93. The largest absolute Gasteiger partial charge is 0.491 e. The number of nitrogens with zero attached hydrogens (tertiary/aromatic N) is 2. The number of guanidine groups is 1. The van der Waals surface area contributed by atoms with Crippen LogP contribution in [0.5, 0.6) is 5.75 Å². The summed E-state index contributed by atoms with van der Waals surface area (Å²) in [6, 6.07) is 9.91. The summed E-state index contributed by atoms with van der Waals surface area (Å²) in [4.78, 5) is 19.5. The molecule has 0 spiro atoms. The molecule has 0 bridgehead atoms. The number of hydrogen-bond donors (Lipinski definition) is 1. The first-order chi connectivity index (χ1) is 13.1. The van der Waals surface area contributed by atoms with Gasteiger partial charge in [0.25, 0.3) is 5.91 Å². The molecule has 0 fully saturated rings. The van der Waals surface area contributed by atoms with Gasteiger partial charge < -0.3 is 10.5 Å². The Balaban J connectivity index is 2.26. The molecule has 1 aliphatic rings. The van der Waals surface area contributed by atoms with Crippen LogP contribution >= 0.6 is 0 Å². The first kappa shape index (κ1) is 19.9. The van der Waals surface area contributed by atoms with Crippen molar-refractivity contribution in [3.05, 3.63) is 63.7 Å². The average Bonchev–Trinajstić information content (AvgIpc) is 2.85.